The molecule has 1 rings (SSSR count). The molecule has 0 spiro atoms. The van der Waals surface area contributed by atoms with E-state index in [0.717, 1.165) is 19.3 Å². The lowest BCUT2D eigenvalue weighted by Gasteiger charge is -2.28. The third-order valence-electron chi connectivity index (χ3n) is 2.74. The molecule has 0 bridgehead atoms. The first-order valence-electron chi connectivity index (χ1n) is 5.26. The van der Waals surface area contributed by atoms with Crippen LogP contribution in [0.25, 0.3) is 0 Å². The molecule has 0 saturated heterocycles. The Morgan fingerprint density at radius 3 is 3.00 bits per heavy atom. The lowest BCUT2D eigenvalue weighted by atomic mass is 9.97. The van der Waals surface area contributed by atoms with Crippen molar-refractivity contribution in [1.82, 2.24) is 0 Å². The van der Waals surface area contributed by atoms with E-state index in [1.54, 1.807) is 18.9 Å². The van der Waals surface area contributed by atoms with Gasteiger partial charge < -0.3 is 15.6 Å². The Hall–Kier alpha value is -0.260. The second-order valence-corrected chi connectivity index (χ2v) is 5.26. The van der Waals surface area contributed by atoms with E-state index in [4.69, 9.17) is 15.6 Å². The van der Waals surface area contributed by atoms with E-state index in [1.807, 2.05) is 0 Å². The van der Waals surface area contributed by atoms with Gasteiger partial charge in [-0.3, -0.25) is 4.79 Å². The van der Waals surface area contributed by atoms with Gasteiger partial charge in [0.1, 0.15) is 6.04 Å². The van der Waals surface area contributed by atoms with Crippen molar-refractivity contribution in [3.05, 3.63) is 0 Å². The lowest BCUT2D eigenvalue weighted by Crippen LogP contribution is -2.34. The van der Waals surface area contributed by atoms with Crippen LogP contribution >= 0.6 is 11.8 Å². The molecule has 1 fully saturated rings. The van der Waals surface area contributed by atoms with Crippen molar-refractivity contribution in [2.75, 3.05) is 12.9 Å². The predicted octanol–water partition coefficient (Wildman–Crippen LogP) is 1.09. The fraction of sp³-hybridized carbons (Fsp3) is 0.900. The molecule has 3 N–H and O–H groups in total. The monoisotopic (exact) mass is 233 g/mol. The minimum absolute atomic E-state index is 0.345. The number of methoxy groups -OCH3 is 1. The fourth-order valence-electron chi connectivity index (χ4n) is 1.78. The molecular weight excluding hydrogens is 214 g/mol. The highest BCUT2D eigenvalue weighted by atomic mass is 32.2. The highest BCUT2D eigenvalue weighted by Crippen LogP contribution is 2.29. The maximum atomic E-state index is 10.5. The molecule has 0 aromatic carbocycles. The Labute approximate surface area is 94.6 Å². The molecule has 0 aliphatic heterocycles. The average Bonchev–Trinajstić information content (AvgIpc) is 2.26. The molecule has 0 heterocycles. The molecule has 1 aliphatic carbocycles. The van der Waals surface area contributed by atoms with E-state index in [0.29, 0.717) is 17.1 Å². The molecule has 0 radical (unpaired) electrons. The molecule has 15 heavy (non-hydrogen) atoms. The molecule has 0 amide bonds. The molecule has 3 atom stereocenters. The number of hydrogen-bond acceptors (Lipinski definition) is 4. The van der Waals surface area contributed by atoms with Gasteiger partial charge in [-0.05, 0) is 25.7 Å². The normalized spacial score (nSPS) is 28.7. The van der Waals surface area contributed by atoms with Gasteiger partial charge in [0.25, 0.3) is 0 Å². The van der Waals surface area contributed by atoms with Gasteiger partial charge in [0.15, 0.2) is 0 Å². The summed E-state index contributed by atoms with van der Waals surface area (Å²) in [5.41, 5.74) is 5.45. The summed E-state index contributed by atoms with van der Waals surface area (Å²) in [4.78, 5) is 10.5. The van der Waals surface area contributed by atoms with Crippen LogP contribution < -0.4 is 5.73 Å². The van der Waals surface area contributed by atoms with Crippen LogP contribution in [-0.2, 0) is 9.53 Å². The van der Waals surface area contributed by atoms with Crippen molar-refractivity contribution in [1.29, 1.82) is 0 Å². The van der Waals surface area contributed by atoms with Crippen molar-refractivity contribution in [3.63, 3.8) is 0 Å². The van der Waals surface area contributed by atoms with Crippen LogP contribution in [0.3, 0.4) is 0 Å². The van der Waals surface area contributed by atoms with Crippen LogP contribution in [-0.4, -0.2) is 41.3 Å². The number of carboxylic acids is 1. The van der Waals surface area contributed by atoms with Crippen LogP contribution in [0.1, 0.15) is 25.7 Å². The van der Waals surface area contributed by atoms with Gasteiger partial charge in [-0.15, -0.1) is 0 Å². The van der Waals surface area contributed by atoms with E-state index in [1.165, 1.54) is 6.42 Å². The van der Waals surface area contributed by atoms with Gasteiger partial charge >= 0.3 is 5.97 Å². The zero-order valence-electron chi connectivity index (χ0n) is 9.02. The van der Waals surface area contributed by atoms with Gasteiger partial charge in [0.2, 0.25) is 0 Å². The van der Waals surface area contributed by atoms with E-state index < -0.39 is 12.0 Å². The number of aliphatic carboxylic acids is 1. The summed E-state index contributed by atoms with van der Waals surface area (Å²) in [5.74, 6) is -0.419. The highest BCUT2D eigenvalue weighted by molar-refractivity contribution is 7.99. The van der Waals surface area contributed by atoms with E-state index >= 15 is 0 Å². The number of hydrogen-bond donors (Lipinski definition) is 2. The van der Waals surface area contributed by atoms with Gasteiger partial charge in [-0.1, -0.05) is 0 Å². The SMILES string of the molecule is COC1CCCC(SC[C@H](N)C(=O)O)C1. The van der Waals surface area contributed by atoms with Crippen LogP contribution in [0, 0.1) is 0 Å². The van der Waals surface area contributed by atoms with E-state index in [9.17, 15) is 4.79 Å². The van der Waals surface area contributed by atoms with Crippen molar-refractivity contribution < 1.29 is 14.6 Å². The summed E-state index contributed by atoms with van der Waals surface area (Å²) in [6, 6.07) is -0.738. The average molecular weight is 233 g/mol. The Morgan fingerprint density at radius 2 is 2.40 bits per heavy atom. The first kappa shape index (κ1) is 12.8. The summed E-state index contributed by atoms with van der Waals surface area (Å²) in [6.45, 7) is 0. The third kappa shape index (κ3) is 4.40. The van der Waals surface area contributed by atoms with Crippen molar-refractivity contribution in [3.8, 4) is 0 Å². The molecule has 0 aromatic heterocycles. The number of thioether (sulfide) groups is 1. The summed E-state index contributed by atoms with van der Waals surface area (Å²) >= 11 is 1.67. The number of nitrogens with two attached hydrogens (primary N) is 1. The van der Waals surface area contributed by atoms with Crippen molar-refractivity contribution >= 4 is 17.7 Å². The number of carboxylic acid groups (broad SMARTS) is 1. The summed E-state index contributed by atoms with van der Waals surface area (Å²) < 4.78 is 5.31. The predicted molar refractivity (Wildman–Crippen MR) is 61.1 cm³/mol. The topological polar surface area (TPSA) is 72.5 Å². The first-order chi connectivity index (χ1) is 7.13. The zero-order valence-corrected chi connectivity index (χ0v) is 9.83. The fourth-order valence-corrected chi connectivity index (χ4v) is 3.08. The largest absolute Gasteiger partial charge is 0.480 e. The maximum absolute atomic E-state index is 10.5. The Balaban J connectivity index is 2.23. The van der Waals surface area contributed by atoms with E-state index in [2.05, 4.69) is 0 Å². The van der Waals surface area contributed by atoms with Crippen LogP contribution in [0.15, 0.2) is 0 Å². The molecule has 88 valence electrons. The van der Waals surface area contributed by atoms with Gasteiger partial charge in [0, 0.05) is 18.1 Å². The smallest absolute Gasteiger partial charge is 0.321 e. The van der Waals surface area contributed by atoms with Gasteiger partial charge in [-0.25, -0.2) is 0 Å². The minimum atomic E-state index is -0.915. The van der Waals surface area contributed by atoms with Crippen LogP contribution in [0.5, 0.6) is 0 Å². The van der Waals surface area contributed by atoms with Gasteiger partial charge in [0.05, 0.1) is 6.10 Å². The quantitative estimate of drug-likeness (QED) is 0.743. The maximum Gasteiger partial charge on any atom is 0.321 e. The highest BCUT2D eigenvalue weighted by Gasteiger charge is 2.23. The molecule has 2 unspecified atom stereocenters. The summed E-state index contributed by atoms with van der Waals surface area (Å²) in [6.07, 6.45) is 4.80. The standard InChI is InChI=1S/C10H19NO3S/c1-14-7-3-2-4-8(5-7)15-6-9(11)10(12)13/h7-9H,2-6,11H2,1H3,(H,12,13)/t7?,8?,9-/m0/s1. The Bertz CT molecular complexity index is 213. The molecular formula is C10H19NO3S. The number of carbonyl (C=O) groups is 1. The summed E-state index contributed by atoms with van der Waals surface area (Å²) in [7, 11) is 1.74. The summed E-state index contributed by atoms with van der Waals surface area (Å²) in [5, 5.41) is 9.16. The Kier molecular flexibility index (Phi) is 5.42. The minimum Gasteiger partial charge on any atom is -0.480 e. The number of rotatable bonds is 5. The second-order valence-electron chi connectivity index (χ2n) is 3.92. The third-order valence-corrected chi connectivity index (χ3v) is 4.19. The molecule has 1 aliphatic rings. The first-order valence-corrected chi connectivity index (χ1v) is 6.31. The Morgan fingerprint density at radius 1 is 1.67 bits per heavy atom. The van der Waals surface area contributed by atoms with Crippen molar-refractivity contribution in [2.45, 2.75) is 43.1 Å². The van der Waals surface area contributed by atoms with Crippen LogP contribution in [0.2, 0.25) is 0 Å². The van der Waals surface area contributed by atoms with E-state index in [-0.39, 0.29) is 0 Å². The molecule has 1 saturated carbocycles. The van der Waals surface area contributed by atoms with Gasteiger partial charge in [-0.2, -0.15) is 11.8 Å². The molecule has 4 nitrogen and oxygen atoms in total. The number of ether oxygens (including phenoxy) is 1. The molecule has 5 heteroatoms. The van der Waals surface area contributed by atoms with Crippen molar-refractivity contribution in [2.24, 2.45) is 5.73 Å². The zero-order chi connectivity index (χ0) is 11.3. The van der Waals surface area contributed by atoms with Crippen LogP contribution in [0.4, 0.5) is 0 Å². The molecule has 0 aromatic rings. The second kappa shape index (κ2) is 6.35. The lowest BCUT2D eigenvalue weighted by molar-refractivity contribution is -0.137.